The summed E-state index contributed by atoms with van der Waals surface area (Å²) < 4.78 is 30.3. The van der Waals surface area contributed by atoms with Gasteiger partial charge in [-0.2, -0.15) is 0 Å². The van der Waals surface area contributed by atoms with Gasteiger partial charge in [-0.1, -0.05) is 15.9 Å². The molecule has 0 aliphatic rings. The lowest BCUT2D eigenvalue weighted by atomic mass is 10.1. The van der Waals surface area contributed by atoms with E-state index in [9.17, 15) is 8.42 Å². The maximum atomic E-state index is 12.2. The van der Waals surface area contributed by atoms with Crippen LogP contribution in [0.2, 0.25) is 0 Å². The van der Waals surface area contributed by atoms with Gasteiger partial charge in [0, 0.05) is 11.6 Å². The lowest BCUT2D eigenvalue weighted by molar-refractivity contribution is 0.0203. The molecule has 0 saturated carbocycles. The van der Waals surface area contributed by atoms with Crippen LogP contribution in [-0.4, -0.2) is 26.9 Å². The highest BCUT2D eigenvalue weighted by Gasteiger charge is 2.23. The van der Waals surface area contributed by atoms with Gasteiger partial charge < -0.3 is 10.5 Å². The second-order valence-electron chi connectivity index (χ2n) is 4.71. The number of nitrogens with two attached hydrogens (primary N) is 1. The first-order valence-corrected chi connectivity index (χ1v) is 7.95. The van der Waals surface area contributed by atoms with Gasteiger partial charge in [0.2, 0.25) is 0 Å². The fraction of sp³-hybridized carbons (Fsp3) is 0.500. The summed E-state index contributed by atoms with van der Waals surface area (Å²) >= 11 is 3.25. The topological polar surface area (TPSA) is 69.4 Å². The first kappa shape index (κ1) is 15.5. The monoisotopic (exact) mass is 335 g/mol. The summed E-state index contributed by atoms with van der Waals surface area (Å²) in [6.45, 7) is 3.71. The Morgan fingerprint density at radius 2 is 2.00 bits per heavy atom. The van der Waals surface area contributed by atoms with Crippen molar-refractivity contribution in [2.45, 2.75) is 30.8 Å². The Balaban J connectivity index is 2.94. The van der Waals surface area contributed by atoms with Crippen LogP contribution in [0, 0.1) is 0 Å². The van der Waals surface area contributed by atoms with Crippen molar-refractivity contribution in [1.82, 2.24) is 0 Å². The van der Waals surface area contributed by atoms with E-state index in [1.807, 2.05) is 13.8 Å². The molecule has 0 heterocycles. The Hall–Kier alpha value is -0.590. The van der Waals surface area contributed by atoms with Gasteiger partial charge in [0.1, 0.15) is 0 Å². The van der Waals surface area contributed by atoms with Gasteiger partial charge in [-0.25, -0.2) is 8.42 Å². The quantitative estimate of drug-likeness (QED) is 0.839. The van der Waals surface area contributed by atoms with Crippen molar-refractivity contribution in [1.29, 1.82) is 0 Å². The van der Waals surface area contributed by atoms with Crippen molar-refractivity contribution >= 4 is 31.5 Å². The van der Waals surface area contributed by atoms with Gasteiger partial charge in [0.15, 0.2) is 9.84 Å². The Kier molecular flexibility index (Phi) is 4.80. The summed E-state index contributed by atoms with van der Waals surface area (Å²) in [6.07, 6.45) is 0.418. The Morgan fingerprint density at radius 1 is 1.39 bits per heavy atom. The predicted octanol–water partition coefficient (Wildman–Crippen LogP) is 2.62. The Labute approximate surface area is 117 Å². The van der Waals surface area contributed by atoms with Crippen molar-refractivity contribution in [2.24, 2.45) is 0 Å². The maximum Gasteiger partial charge on any atom is 0.180 e. The van der Waals surface area contributed by atoms with Crippen molar-refractivity contribution < 1.29 is 13.2 Å². The summed E-state index contributed by atoms with van der Waals surface area (Å²) in [5, 5.41) is 0. The number of anilines is 1. The standard InChI is InChI=1S/C12H18BrNO3S/c1-12(2,17-3)6-7-18(15,16)11-5-4-9(13)8-10(11)14/h4-5,8H,6-7,14H2,1-3H3. The first-order valence-electron chi connectivity index (χ1n) is 5.51. The number of methoxy groups -OCH3 is 1. The van der Waals surface area contributed by atoms with Crippen LogP contribution < -0.4 is 5.73 Å². The molecule has 102 valence electrons. The average Bonchev–Trinajstić information content (AvgIpc) is 2.26. The molecule has 18 heavy (non-hydrogen) atoms. The van der Waals surface area contributed by atoms with Crippen LogP contribution >= 0.6 is 15.9 Å². The molecule has 0 atom stereocenters. The molecule has 2 N–H and O–H groups in total. The lowest BCUT2D eigenvalue weighted by Gasteiger charge is -2.22. The van der Waals surface area contributed by atoms with Crippen molar-refractivity contribution in [3.63, 3.8) is 0 Å². The van der Waals surface area contributed by atoms with Gasteiger partial charge in [-0.3, -0.25) is 0 Å². The number of halogens is 1. The third-order valence-electron chi connectivity index (χ3n) is 2.83. The number of hydrogen-bond donors (Lipinski definition) is 1. The zero-order chi connectivity index (χ0) is 14.0. The molecular weight excluding hydrogens is 318 g/mol. The molecule has 0 fully saturated rings. The van der Waals surface area contributed by atoms with Gasteiger partial charge in [0.25, 0.3) is 0 Å². The van der Waals surface area contributed by atoms with Crippen LogP contribution in [-0.2, 0) is 14.6 Å². The smallest absolute Gasteiger partial charge is 0.180 e. The molecule has 1 aromatic rings. The third-order valence-corrected chi connectivity index (χ3v) is 5.11. The molecule has 0 unspecified atom stereocenters. The SMILES string of the molecule is COC(C)(C)CCS(=O)(=O)c1ccc(Br)cc1N. The summed E-state index contributed by atoms with van der Waals surface area (Å²) in [5.41, 5.74) is 5.54. The fourth-order valence-corrected chi connectivity index (χ4v) is 3.45. The molecule has 0 aliphatic carbocycles. The molecule has 0 aliphatic heterocycles. The highest BCUT2D eigenvalue weighted by atomic mass is 79.9. The van der Waals surface area contributed by atoms with E-state index in [4.69, 9.17) is 10.5 Å². The number of nitrogen functional groups attached to an aromatic ring is 1. The summed E-state index contributed by atoms with van der Waals surface area (Å²) in [7, 11) is -1.81. The largest absolute Gasteiger partial charge is 0.398 e. The summed E-state index contributed by atoms with van der Waals surface area (Å²) in [6, 6.07) is 4.79. The lowest BCUT2D eigenvalue weighted by Crippen LogP contribution is -2.26. The van der Waals surface area contributed by atoms with E-state index in [-0.39, 0.29) is 16.3 Å². The maximum absolute atomic E-state index is 12.2. The molecule has 0 spiro atoms. The summed E-state index contributed by atoms with van der Waals surface area (Å²) in [4.78, 5) is 0.178. The highest BCUT2D eigenvalue weighted by molar-refractivity contribution is 9.10. The van der Waals surface area contributed by atoms with E-state index < -0.39 is 15.4 Å². The van der Waals surface area contributed by atoms with E-state index in [0.717, 1.165) is 4.47 Å². The van der Waals surface area contributed by atoms with Crippen molar-refractivity contribution in [2.75, 3.05) is 18.6 Å². The van der Waals surface area contributed by atoms with E-state index in [0.29, 0.717) is 6.42 Å². The molecule has 1 rings (SSSR count). The normalized spacial score (nSPS) is 12.7. The average molecular weight is 336 g/mol. The molecule has 0 saturated heterocycles. The summed E-state index contributed by atoms with van der Waals surface area (Å²) in [5.74, 6) is 0.0136. The Morgan fingerprint density at radius 3 is 2.50 bits per heavy atom. The number of benzene rings is 1. The molecule has 0 bridgehead atoms. The molecule has 6 heteroatoms. The van der Waals surface area contributed by atoms with Gasteiger partial charge >= 0.3 is 0 Å². The molecule has 1 aromatic carbocycles. The van der Waals surface area contributed by atoms with Crippen molar-refractivity contribution in [3.05, 3.63) is 22.7 Å². The highest BCUT2D eigenvalue weighted by Crippen LogP contribution is 2.25. The second-order valence-corrected chi connectivity index (χ2v) is 7.71. The molecule has 0 radical (unpaired) electrons. The molecule has 0 amide bonds. The first-order chi connectivity index (χ1) is 8.18. The van der Waals surface area contributed by atoms with Crippen LogP contribution in [0.3, 0.4) is 0 Å². The molecular formula is C12H18BrNO3S. The zero-order valence-electron chi connectivity index (χ0n) is 10.7. The van der Waals surface area contributed by atoms with Crippen LogP contribution in [0.4, 0.5) is 5.69 Å². The van der Waals surface area contributed by atoms with E-state index in [1.165, 1.54) is 6.07 Å². The number of hydrogen-bond acceptors (Lipinski definition) is 4. The number of rotatable bonds is 5. The molecule has 0 aromatic heterocycles. The van der Waals surface area contributed by atoms with Crippen molar-refractivity contribution in [3.8, 4) is 0 Å². The van der Waals surface area contributed by atoms with Gasteiger partial charge in [0.05, 0.1) is 21.9 Å². The Bertz CT molecular complexity index is 526. The van der Waals surface area contributed by atoms with Gasteiger partial charge in [-0.15, -0.1) is 0 Å². The van der Waals surface area contributed by atoms with E-state index in [2.05, 4.69) is 15.9 Å². The van der Waals surface area contributed by atoms with Gasteiger partial charge in [-0.05, 0) is 38.5 Å². The van der Waals surface area contributed by atoms with E-state index >= 15 is 0 Å². The van der Waals surface area contributed by atoms with Crippen LogP contribution in [0.1, 0.15) is 20.3 Å². The molecule has 4 nitrogen and oxygen atoms in total. The van der Waals surface area contributed by atoms with E-state index in [1.54, 1.807) is 19.2 Å². The minimum atomic E-state index is -3.38. The minimum absolute atomic E-state index is 0.0136. The predicted molar refractivity (Wildman–Crippen MR) is 76.3 cm³/mol. The number of sulfone groups is 1. The van der Waals surface area contributed by atoms with Crippen LogP contribution in [0.25, 0.3) is 0 Å². The minimum Gasteiger partial charge on any atom is -0.398 e. The second kappa shape index (κ2) is 5.59. The third kappa shape index (κ3) is 3.96. The van der Waals surface area contributed by atoms with Crippen LogP contribution in [0.15, 0.2) is 27.6 Å². The van der Waals surface area contributed by atoms with Crippen LogP contribution in [0.5, 0.6) is 0 Å². The fourth-order valence-electron chi connectivity index (χ4n) is 1.39. The zero-order valence-corrected chi connectivity index (χ0v) is 13.1. The number of ether oxygens (including phenoxy) is 1.